The van der Waals surface area contributed by atoms with Crippen LogP contribution in [-0.4, -0.2) is 62.0 Å². The lowest BCUT2D eigenvalue weighted by atomic mass is 10.0. The van der Waals surface area contributed by atoms with E-state index in [-0.39, 0.29) is 5.91 Å². The Kier molecular flexibility index (Phi) is 34.3. The smallest absolute Gasteiger partial charge is 0.222 e. The minimum Gasteiger partial charge on any atom is -0.389 e. The van der Waals surface area contributed by atoms with E-state index in [0.717, 1.165) is 25.7 Å². The molecule has 0 saturated carbocycles. The van der Waals surface area contributed by atoms with Crippen LogP contribution in [0.15, 0.2) is 0 Å². The minimum absolute atomic E-state index is 0.160. The van der Waals surface area contributed by atoms with Crippen LogP contribution in [0.5, 0.6) is 0 Å². The second-order valence-electron chi connectivity index (χ2n) is 12.8. The Morgan fingerprint density at radius 1 is 0.571 bits per heavy atom. The average molecular weight is 598 g/mol. The lowest BCUT2D eigenvalue weighted by Crippen LogP contribution is -2.40. The summed E-state index contributed by atoms with van der Waals surface area (Å²) in [7, 11) is 1.69. The molecule has 0 aromatic rings. The molecule has 1 unspecified atom stereocenters. The number of hydrogen-bond donors (Lipinski definition) is 1. The molecule has 1 atom stereocenters. The quantitative estimate of drug-likeness (QED) is 0.0738. The Morgan fingerprint density at radius 2 is 0.976 bits per heavy atom. The fourth-order valence-electron chi connectivity index (χ4n) is 5.74. The van der Waals surface area contributed by atoms with Gasteiger partial charge < -0.3 is 19.5 Å². The third-order valence-corrected chi connectivity index (χ3v) is 8.51. The lowest BCUT2D eigenvalue weighted by Gasteiger charge is -2.25. The van der Waals surface area contributed by atoms with Crippen molar-refractivity contribution in [1.29, 1.82) is 0 Å². The number of carbonyl (C=O) groups is 1. The highest BCUT2D eigenvalue weighted by Gasteiger charge is 2.17. The molecule has 0 aromatic heterocycles. The maximum absolute atomic E-state index is 12.9. The number of nitrogens with zero attached hydrogens (tertiary/aromatic N) is 1. The summed E-state index contributed by atoms with van der Waals surface area (Å²) >= 11 is 0. The third kappa shape index (κ3) is 30.8. The monoisotopic (exact) mass is 598 g/mol. The number of methoxy groups -OCH3 is 1. The van der Waals surface area contributed by atoms with Crippen LogP contribution in [0.3, 0.4) is 0 Å². The maximum atomic E-state index is 12.9. The summed E-state index contributed by atoms with van der Waals surface area (Å²) < 4.78 is 11.0. The SMILES string of the molecule is CCCCCCCCCCCCCCCCOCC(O)CN(CCCOC)C(=O)CCCCCCCCCCCCC. The fourth-order valence-corrected chi connectivity index (χ4v) is 5.74. The lowest BCUT2D eigenvalue weighted by molar-refractivity contribution is -0.133. The minimum atomic E-state index is -0.625. The number of rotatable bonds is 35. The van der Waals surface area contributed by atoms with Crippen LogP contribution in [0.2, 0.25) is 0 Å². The molecule has 5 heteroatoms. The van der Waals surface area contributed by atoms with E-state index in [1.54, 1.807) is 7.11 Å². The Morgan fingerprint density at radius 3 is 1.40 bits per heavy atom. The van der Waals surface area contributed by atoms with Crippen LogP contribution in [0.25, 0.3) is 0 Å². The van der Waals surface area contributed by atoms with Crippen molar-refractivity contribution in [2.75, 3.05) is 40.0 Å². The number of aliphatic hydroxyl groups excluding tert-OH is 1. The van der Waals surface area contributed by atoms with Gasteiger partial charge in [0.25, 0.3) is 0 Å². The van der Waals surface area contributed by atoms with Crippen molar-refractivity contribution < 1.29 is 19.4 Å². The summed E-state index contributed by atoms with van der Waals surface area (Å²) in [6.07, 6.45) is 33.7. The molecule has 0 aliphatic rings. The first-order chi connectivity index (χ1) is 20.7. The van der Waals surface area contributed by atoms with Gasteiger partial charge in [-0.2, -0.15) is 0 Å². The Hall–Kier alpha value is -0.650. The third-order valence-electron chi connectivity index (χ3n) is 8.51. The number of ether oxygens (including phenoxy) is 2. The summed E-state index contributed by atoms with van der Waals surface area (Å²) in [6, 6.07) is 0. The van der Waals surface area contributed by atoms with E-state index in [2.05, 4.69) is 13.8 Å². The van der Waals surface area contributed by atoms with Gasteiger partial charge in [-0.3, -0.25) is 4.79 Å². The standard InChI is InChI=1S/C37H75NO4/c1-4-6-8-10-12-14-16-17-18-20-22-24-26-28-33-42-35-36(39)34-38(31-29-32-41-3)37(40)30-27-25-23-21-19-15-13-11-9-7-5-2/h36,39H,4-35H2,1-3H3. The van der Waals surface area contributed by atoms with E-state index >= 15 is 0 Å². The first-order valence-electron chi connectivity index (χ1n) is 18.7. The Labute approximate surface area is 263 Å². The molecule has 0 rings (SSSR count). The van der Waals surface area contributed by atoms with Gasteiger partial charge in [-0.15, -0.1) is 0 Å². The largest absolute Gasteiger partial charge is 0.389 e. The van der Waals surface area contributed by atoms with Crippen LogP contribution in [-0.2, 0) is 14.3 Å². The molecule has 252 valence electrons. The molecular formula is C37H75NO4. The van der Waals surface area contributed by atoms with E-state index in [1.807, 2.05) is 4.90 Å². The summed E-state index contributed by atoms with van der Waals surface area (Å²) in [4.78, 5) is 14.7. The van der Waals surface area contributed by atoms with E-state index in [4.69, 9.17) is 9.47 Å². The van der Waals surface area contributed by atoms with Crippen molar-refractivity contribution in [2.45, 2.75) is 193 Å². The van der Waals surface area contributed by atoms with E-state index in [0.29, 0.717) is 39.3 Å². The molecule has 5 nitrogen and oxygen atoms in total. The average Bonchev–Trinajstić information content (AvgIpc) is 2.99. The molecule has 0 saturated heterocycles. The van der Waals surface area contributed by atoms with Crippen LogP contribution < -0.4 is 0 Å². The molecule has 0 aliphatic heterocycles. The predicted molar refractivity (Wildman–Crippen MR) is 181 cm³/mol. The summed E-state index contributed by atoms with van der Waals surface area (Å²) in [5.74, 6) is 0.160. The van der Waals surface area contributed by atoms with Gasteiger partial charge in [0.1, 0.15) is 0 Å². The first kappa shape index (κ1) is 41.4. The van der Waals surface area contributed by atoms with Crippen molar-refractivity contribution >= 4 is 5.91 Å². The van der Waals surface area contributed by atoms with Crippen LogP contribution >= 0.6 is 0 Å². The van der Waals surface area contributed by atoms with E-state index < -0.39 is 6.10 Å². The van der Waals surface area contributed by atoms with Crippen molar-refractivity contribution in [1.82, 2.24) is 4.90 Å². The highest BCUT2D eigenvalue weighted by Crippen LogP contribution is 2.14. The van der Waals surface area contributed by atoms with Crippen LogP contribution in [0, 0.1) is 0 Å². The number of carbonyl (C=O) groups excluding carboxylic acids is 1. The molecule has 0 aromatic carbocycles. The van der Waals surface area contributed by atoms with Gasteiger partial charge in [0.15, 0.2) is 0 Å². The van der Waals surface area contributed by atoms with Crippen LogP contribution in [0.4, 0.5) is 0 Å². The highest BCUT2D eigenvalue weighted by atomic mass is 16.5. The number of hydrogen-bond acceptors (Lipinski definition) is 4. The Balaban J connectivity index is 3.80. The zero-order valence-corrected chi connectivity index (χ0v) is 28.8. The molecule has 0 radical (unpaired) electrons. The van der Waals surface area contributed by atoms with E-state index in [1.165, 1.54) is 141 Å². The highest BCUT2D eigenvalue weighted by molar-refractivity contribution is 5.76. The van der Waals surface area contributed by atoms with Gasteiger partial charge >= 0.3 is 0 Å². The zero-order valence-electron chi connectivity index (χ0n) is 28.8. The predicted octanol–water partition coefficient (Wildman–Crippen LogP) is 10.4. The van der Waals surface area contributed by atoms with Gasteiger partial charge in [-0.25, -0.2) is 0 Å². The zero-order chi connectivity index (χ0) is 30.8. The normalized spacial score (nSPS) is 12.2. The molecule has 0 bridgehead atoms. The van der Waals surface area contributed by atoms with Crippen molar-refractivity contribution in [2.24, 2.45) is 0 Å². The first-order valence-corrected chi connectivity index (χ1v) is 18.7. The Bertz CT molecular complexity index is 530. The number of aliphatic hydroxyl groups is 1. The summed E-state index contributed by atoms with van der Waals surface area (Å²) in [5.41, 5.74) is 0. The molecule has 1 amide bonds. The molecule has 0 heterocycles. The second kappa shape index (κ2) is 34.8. The van der Waals surface area contributed by atoms with Gasteiger partial charge in [0, 0.05) is 39.8 Å². The second-order valence-corrected chi connectivity index (χ2v) is 12.8. The molecular weight excluding hydrogens is 522 g/mol. The molecule has 0 fully saturated rings. The van der Waals surface area contributed by atoms with E-state index in [9.17, 15) is 9.90 Å². The molecule has 42 heavy (non-hydrogen) atoms. The van der Waals surface area contributed by atoms with Gasteiger partial charge in [-0.05, 0) is 19.3 Å². The molecule has 0 spiro atoms. The van der Waals surface area contributed by atoms with Gasteiger partial charge in [0.2, 0.25) is 5.91 Å². The fraction of sp³-hybridized carbons (Fsp3) is 0.973. The van der Waals surface area contributed by atoms with Crippen LogP contribution in [0.1, 0.15) is 187 Å². The summed E-state index contributed by atoms with van der Waals surface area (Å²) in [5, 5.41) is 10.6. The summed E-state index contributed by atoms with van der Waals surface area (Å²) in [6.45, 7) is 7.19. The van der Waals surface area contributed by atoms with Crippen molar-refractivity contribution in [3.8, 4) is 0 Å². The van der Waals surface area contributed by atoms with Crippen molar-refractivity contribution in [3.05, 3.63) is 0 Å². The van der Waals surface area contributed by atoms with Gasteiger partial charge in [0.05, 0.1) is 12.7 Å². The molecule has 0 aliphatic carbocycles. The number of amides is 1. The van der Waals surface area contributed by atoms with Gasteiger partial charge in [-0.1, -0.05) is 162 Å². The maximum Gasteiger partial charge on any atom is 0.222 e. The van der Waals surface area contributed by atoms with Crippen molar-refractivity contribution in [3.63, 3.8) is 0 Å². The topological polar surface area (TPSA) is 59.0 Å². The molecule has 1 N–H and O–H groups in total. The number of unbranched alkanes of at least 4 members (excludes halogenated alkanes) is 23.